The first-order valence-electron chi connectivity index (χ1n) is 6.21. The van der Waals surface area contributed by atoms with Gasteiger partial charge in [0.1, 0.15) is 5.76 Å². The predicted octanol–water partition coefficient (Wildman–Crippen LogP) is 2.96. The average Bonchev–Trinajstić information content (AvgIpc) is 2.31. The lowest BCUT2D eigenvalue weighted by atomic mass is 9.84. The lowest BCUT2D eigenvalue weighted by Crippen LogP contribution is -2.31. The van der Waals surface area contributed by atoms with Crippen molar-refractivity contribution in [1.29, 1.82) is 0 Å². The van der Waals surface area contributed by atoms with E-state index in [0.29, 0.717) is 13.0 Å². The molecule has 0 aromatic carbocycles. The van der Waals surface area contributed by atoms with Crippen LogP contribution < -0.4 is 0 Å². The molecule has 2 rings (SSSR count). The highest BCUT2D eigenvalue weighted by molar-refractivity contribution is 7.79. The summed E-state index contributed by atoms with van der Waals surface area (Å²) in [6.07, 6.45) is 4.86. The summed E-state index contributed by atoms with van der Waals surface area (Å²) in [4.78, 5) is 11.7. The van der Waals surface area contributed by atoms with Gasteiger partial charge in [0.15, 0.2) is 12.1 Å². The second-order valence-corrected chi connectivity index (χ2v) is 4.25. The molecule has 3 nitrogen and oxygen atoms in total. The van der Waals surface area contributed by atoms with Gasteiger partial charge in [-0.25, -0.2) is 0 Å². The van der Waals surface area contributed by atoms with Crippen LogP contribution in [0, 0.1) is 5.92 Å². The molecule has 0 aromatic rings. The molecule has 0 saturated carbocycles. The minimum atomic E-state index is -0.144. The summed E-state index contributed by atoms with van der Waals surface area (Å²) in [7, 11) is 0. The van der Waals surface area contributed by atoms with Crippen LogP contribution in [-0.4, -0.2) is 24.9 Å². The van der Waals surface area contributed by atoms with Gasteiger partial charge in [-0.2, -0.15) is 12.6 Å². The van der Waals surface area contributed by atoms with E-state index in [2.05, 4.69) is 19.6 Å². The van der Waals surface area contributed by atoms with E-state index in [1.165, 1.54) is 0 Å². The number of ether oxygens (including phenoxy) is 2. The Morgan fingerprint density at radius 1 is 1.41 bits per heavy atom. The third kappa shape index (κ3) is 3.49. The van der Waals surface area contributed by atoms with Crippen LogP contribution >= 0.6 is 12.6 Å². The Bertz CT molecular complexity index is 299. The molecular formula is C13H22O3S. The zero-order valence-corrected chi connectivity index (χ0v) is 11.8. The third-order valence-electron chi connectivity index (χ3n) is 3.07. The van der Waals surface area contributed by atoms with E-state index < -0.39 is 0 Å². The van der Waals surface area contributed by atoms with Crippen LogP contribution in [0.2, 0.25) is 0 Å². The van der Waals surface area contributed by atoms with Gasteiger partial charge in [0.25, 0.3) is 0 Å². The van der Waals surface area contributed by atoms with Crippen LogP contribution in [0.3, 0.4) is 0 Å². The van der Waals surface area contributed by atoms with Crippen molar-refractivity contribution in [2.75, 3.05) is 12.9 Å². The fourth-order valence-corrected chi connectivity index (χ4v) is 2.41. The quantitative estimate of drug-likeness (QED) is 0.773. The number of hydrogen-bond donors (Lipinski definition) is 1. The lowest BCUT2D eigenvalue weighted by Gasteiger charge is -2.33. The minimum absolute atomic E-state index is 0.144. The van der Waals surface area contributed by atoms with Crippen molar-refractivity contribution in [2.45, 2.75) is 45.8 Å². The number of carbonyl (C=O) groups is 1. The average molecular weight is 258 g/mol. The highest BCUT2D eigenvalue weighted by Crippen LogP contribution is 2.36. The normalized spacial score (nSPS) is 27.9. The zero-order valence-electron chi connectivity index (χ0n) is 10.9. The van der Waals surface area contributed by atoms with Gasteiger partial charge in [0.05, 0.1) is 0 Å². The van der Waals surface area contributed by atoms with Crippen LogP contribution in [-0.2, 0) is 14.3 Å². The van der Waals surface area contributed by atoms with Gasteiger partial charge in [-0.1, -0.05) is 6.92 Å². The lowest BCUT2D eigenvalue weighted by molar-refractivity contribution is -0.140. The highest BCUT2D eigenvalue weighted by Gasteiger charge is 2.33. The number of ketones is 1. The molecule has 2 unspecified atom stereocenters. The Morgan fingerprint density at radius 3 is 2.76 bits per heavy atom. The molecule has 0 amide bonds. The maximum atomic E-state index is 11.7. The Kier molecular flexibility index (Phi) is 6.06. The standard InChI is InChI=1S/C12H18O3.CH4S/c1-3-14-11-7-8(2)12-9(13)5-4-6-10(12)15-11;1-2/h8,11H,3-7H2,1-2H3;2H,1H3. The van der Waals surface area contributed by atoms with E-state index in [1.807, 2.05) is 6.92 Å². The number of allylic oxidation sites excluding steroid dienone is 2. The number of hydrogen-bond acceptors (Lipinski definition) is 4. The Hall–Kier alpha value is -0.480. The molecule has 0 radical (unpaired) electrons. The van der Waals surface area contributed by atoms with Crippen molar-refractivity contribution < 1.29 is 14.3 Å². The van der Waals surface area contributed by atoms with Crippen LogP contribution in [0.5, 0.6) is 0 Å². The van der Waals surface area contributed by atoms with Gasteiger partial charge in [0, 0.05) is 31.4 Å². The molecule has 0 saturated heterocycles. The highest BCUT2D eigenvalue weighted by atomic mass is 32.1. The van der Waals surface area contributed by atoms with Gasteiger partial charge in [0.2, 0.25) is 0 Å². The second kappa shape index (κ2) is 7.07. The van der Waals surface area contributed by atoms with Crippen molar-refractivity contribution in [2.24, 2.45) is 5.92 Å². The Balaban J connectivity index is 0.000000686. The van der Waals surface area contributed by atoms with Gasteiger partial charge < -0.3 is 9.47 Å². The number of rotatable bonds is 2. The van der Waals surface area contributed by atoms with Gasteiger partial charge in [-0.15, -0.1) is 0 Å². The molecule has 1 heterocycles. The minimum Gasteiger partial charge on any atom is -0.469 e. The van der Waals surface area contributed by atoms with Gasteiger partial charge in [-0.05, 0) is 25.5 Å². The topological polar surface area (TPSA) is 35.5 Å². The first-order valence-corrected chi connectivity index (χ1v) is 7.11. The molecule has 0 aromatic heterocycles. The molecule has 2 atom stereocenters. The van der Waals surface area contributed by atoms with Crippen LogP contribution in [0.25, 0.3) is 0 Å². The van der Waals surface area contributed by atoms with Crippen molar-refractivity contribution in [1.82, 2.24) is 0 Å². The van der Waals surface area contributed by atoms with Crippen molar-refractivity contribution in [3.8, 4) is 0 Å². The maximum Gasteiger partial charge on any atom is 0.199 e. The molecule has 0 spiro atoms. The molecule has 17 heavy (non-hydrogen) atoms. The number of thiol groups is 1. The van der Waals surface area contributed by atoms with Crippen LogP contribution in [0.4, 0.5) is 0 Å². The van der Waals surface area contributed by atoms with E-state index in [-0.39, 0.29) is 18.0 Å². The summed E-state index contributed by atoms with van der Waals surface area (Å²) in [6, 6.07) is 0. The van der Waals surface area contributed by atoms with Crippen LogP contribution in [0.15, 0.2) is 11.3 Å². The first-order chi connectivity index (χ1) is 8.22. The van der Waals surface area contributed by atoms with Gasteiger partial charge in [-0.3, -0.25) is 4.79 Å². The van der Waals surface area contributed by atoms with Crippen molar-refractivity contribution >= 4 is 18.4 Å². The zero-order chi connectivity index (χ0) is 12.8. The Morgan fingerprint density at radius 2 is 2.12 bits per heavy atom. The molecule has 1 aliphatic carbocycles. The van der Waals surface area contributed by atoms with E-state index >= 15 is 0 Å². The molecule has 98 valence electrons. The smallest absolute Gasteiger partial charge is 0.199 e. The van der Waals surface area contributed by atoms with Crippen molar-refractivity contribution in [3.63, 3.8) is 0 Å². The van der Waals surface area contributed by atoms with E-state index in [0.717, 1.165) is 30.6 Å². The fraction of sp³-hybridized carbons (Fsp3) is 0.769. The molecule has 0 N–H and O–H groups in total. The number of carbonyl (C=O) groups excluding carboxylic acids is 1. The molecule has 1 aliphatic heterocycles. The van der Waals surface area contributed by atoms with E-state index in [4.69, 9.17) is 9.47 Å². The number of Topliss-reactive ketones (excluding diaryl/α,β-unsaturated/α-hetero) is 1. The predicted molar refractivity (Wildman–Crippen MR) is 71.1 cm³/mol. The Labute approximate surface area is 109 Å². The first kappa shape index (κ1) is 14.6. The fourth-order valence-electron chi connectivity index (χ4n) is 2.41. The summed E-state index contributed by atoms with van der Waals surface area (Å²) in [5, 5.41) is 0. The summed E-state index contributed by atoms with van der Waals surface area (Å²) < 4.78 is 11.2. The van der Waals surface area contributed by atoms with Gasteiger partial charge >= 0.3 is 0 Å². The second-order valence-electron chi connectivity index (χ2n) is 4.25. The summed E-state index contributed by atoms with van der Waals surface area (Å²) in [5.41, 5.74) is 0.928. The molecule has 0 bridgehead atoms. The molecular weight excluding hydrogens is 236 g/mol. The summed E-state index contributed by atoms with van der Waals surface area (Å²) in [5.74, 6) is 1.46. The maximum absolute atomic E-state index is 11.7. The molecule has 0 fully saturated rings. The SMILES string of the molecule is CCOC1CC(C)C2=C(CCCC2=O)O1.CS. The third-order valence-corrected chi connectivity index (χ3v) is 3.07. The summed E-state index contributed by atoms with van der Waals surface area (Å²) in [6.45, 7) is 4.71. The molecule has 4 heteroatoms. The van der Waals surface area contributed by atoms with Crippen molar-refractivity contribution in [3.05, 3.63) is 11.3 Å². The van der Waals surface area contributed by atoms with Crippen LogP contribution in [0.1, 0.15) is 39.5 Å². The summed E-state index contributed by atoms with van der Waals surface area (Å²) >= 11 is 3.53. The largest absolute Gasteiger partial charge is 0.469 e. The van der Waals surface area contributed by atoms with E-state index in [1.54, 1.807) is 6.26 Å². The monoisotopic (exact) mass is 258 g/mol. The molecule has 2 aliphatic rings. The van der Waals surface area contributed by atoms with E-state index in [9.17, 15) is 4.79 Å².